The van der Waals surface area contributed by atoms with Crippen molar-refractivity contribution in [2.75, 3.05) is 7.11 Å². The molecule has 0 bridgehead atoms. The number of methoxy groups -OCH3 is 1. The van der Waals surface area contributed by atoms with Crippen molar-refractivity contribution in [1.29, 1.82) is 5.26 Å². The van der Waals surface area contributed by atoms with Crippen molar-refractivity contribution in [2.45, 2.75) is 9.79 Å². The predicted octanol–water partition coefficient (Wildman–Crippen LogP) is 2.54. The van der Waals surface area contributed by atoms with E-state index in [1.54, 1.807) is 0 Å². The standard InChI is InChI=1S/C14H10FNO3S/c1-19-12-6-11(15)7-14(8-12)20(17,18)13-4-2-3-10(5-13)9-16/h2-8H,1H3. The third-order valence-electron chi connectivity index (χ3n) is 2.66. The maximum atomic E-state index is 13.4. The average molecular weight is 291 g/mol. The van der Waals surface area contributed by atoms with E-state index in [4.69, 9.17) is 10.00 Å². The highest BCUT2D eigenvalue weighted by Gasteiger charge is 2.20. The Bertz CT molecular complexity index is 794. The Labute approximate surface area is 116 Å². The molecule has 0 spiro atoms. The van der Waals surface area contributed by atoms with Gasteiger partial charge in [0.25, 0.3) is 0 Å². The van der Waals surface area contributed by atoms with Gasteiger partial charge in [-0.15, -0.1) is 0 Å². The van der Waals surface area contributed by atoms with Crippen molar-refractivity contribution in [3.8, 4) is 11.8 Å². The van der Waals surface area contributed by atoms with E-state index in [9.17, 15) is 12.8 Å². The molecule has 0 unspecified atom stereocenters. The molecule has 0 N–H and O–H groups in total. The molecule has 0 fully saturated rings. The Morgan fingerprint density at radius 2 is 1.90 bits per heavy atom. The first-order valence-electron chi connectivity index (χ1n) is 5.57. The van der Waals surface area contributed by atoms with Gasteiger partial charge in [0.05, 0.1) is 28.5 Å². The van der Waals surface area contributed by atoms with Gasteiger partial charge in [0.2, 0.25) is 9.84 Å². The molecule has 0 atom stereocenters. The molecule has 0 aromatic heterocycles. The molecular formula is C14H10FNO3S. The topological polar surface area (TPSA) is 67.2 Å². The van der Waals surface area contributed by atoms with Gasteiger partial charge in [-0.25, -0.2) is 12.8 Å². The van der Waals surface area contributed by atoms with Gasteiger partial charge in [0, 0.05) is 6.07 Å². The van der Waals surface area contributed by atoms with Gasteiger partial charge in [0.1, 0.15) is 11.6 Å². The first kappa shape index (κ1) is 14.0. The number of nitrogens with zero attached hydrogens (tertiary/aromatic N) is 1. The summed E-state index contributed by atoms with van der Waals surface area (Å²) in [6.07, 6.45) is 0. The van der Waals surface area contributed by atoms with Crippen LogP contribution in [0.1, 0.15) is 5.56 Å². The van der Waals surface area contributed by atoms with Crippen molar-refractivity contribution in [1.82, 2.24) is 0 Å². The molecule has 2 aromatic rings. The van der Waals surface area contributed by atoms with Gasteiger partial charge in [-0.2, -0.15) is 5.26 Å². The Kier molecular flexibility index (Phi) is 3.72. The fourth-order valence-electron chi connectivity index (χ4n) is 1.68. The second-order valence-corrected chi connectivity index (χ2v) is 5.92. The number of hydrogen-bond acceptors (Lipinski definition) is 4. The summed E-state index contributed by atoms with van der Waals surface area (Å²) in [7, 11) is -2.58. The molecule has 6 heteroatoms. The number of ether oxygens (including phenoxy) is 1. The van der Waals surface area contributed by atoms with Crippen LogP contribution in [0.4, 0.5) is 4.39 Å². The summed E-state index contributed by atoms with van der Waals surface area (Å²) in [5, 5.41) is 8.80. The summed E-state index contributed by atoms with van der Waals surface area (Å²) in [4.78, 5) is -0.284. The maximum absolute atomic E-state index is 13.4. The average Bonchev–Trinajstić information content (AvgIpc) is 2.46. The Morgan fingerprint density at radius 1 is 1.15 bits per heavy atom. The number of benzene rings is 2. The normalized spacial score (nSPS) is 10.8. The van der Waals surface area contributed by atoms with E-state index in [2.05, 4.69) is 0 Å². The van der Waals surface area contributed by atoms with Crippen LogP contribution in [0.3, 0.4) is 0 Å². The molecule has 2 aromatic carbocycles. The largest absolute Gasteiger partial charge is 0.497 e. The van der Waals surface area contributed by atoms with Crippen LogP contribution < -0.4 is 4.74 Å². The van der Waals surface area contributed by atoms with Crippen LogP contribution in [0.5, 0.6) is 5.75 Å². The lowest BCUT2D eigenvalue weighted by Gasteiger charge is -2.07. The van der Waals surface area contributed by atoms with Gasteiger partial charge < -0.3 is 4.74 Å². The molecule has 102 valence electrons. The van der Waals surface area contributed by atoms with Crippen LogP contribution in [0.15, 0.2) is 52.3 Å². The first-order valence-corrected chi connectivity index (χ1v) is 7.05. The van der Waals surface area contributed by atoms with Crippen LogP contribution in [0, 0.1) is 17.1 Å². The van der Waals surface area contributed by atoms with E-state index in [-0.39, 0.29) is 21.1 Å². The number of halogens is 1. The van der Waals surface area contributed by atoms with Crippen LogP contribution in [0.2, 0.25) is 0 Å². The van der Waals surface area contributed by atoms with E-state index >= 15 is 0 Å². The smallest absolute Gasteiger partial charge is 0.206 e. The molecule has 20 heavy (non-hydrogen) atoms. The predicted molar refractivity (Wildman–Crippen MR) is 69.6 cm³/mol. The van der Waals surface area contributed by atoms with Gasteiger partial charge in [-0.05, 0) is 30.3 Å². The van der Waals surface area contributed by atoms with E-state index in [0.29, 0.717) is 0 Å². The van der Waals surface area contributed by atoms with Crippen molar-refractivity contribution in [2.24, 2.45) is 0 Å². The summed E-state index contributed by atoms with van der Waals surface area (Å²) in [5.41, 5.74) is 0.217. The van der Waals surface area contributed by atoms with E-state index in [1.165, 1.54) is 37.4 Å². The SMILES string of the molecule is COc1cc(F)cc(S(=O)(=O)c2cccc(C#N)c2)c1. The first-order chi connectivity index (χ1) is 9.47. The van der Waals surface area contributed by atoms with Crippen LogP contribution >= 0.6 is 0 Å². The van der Waals surface area contributed by atoms with Gasteiger partial charge in [-0.1, -0.05) is 6.07 Å². The zero-order valence-electron chi connectivity index (χ0n) is 10.5. The molecule has 2 rings (SSSR count). The van der Waals surface area contributed by atoms with Crippen molar-refractivity contribution in [3.05, 3.63) is 53.8 Å². The van der Waals surface area contributed by atoms with Gasteiger partial charge >= 0.3 is 0 Å². The molecule has 0 saturated heterocycles. The van der Waals surface area contributed by atoms with Crippen molar-refractivity contribution < 1.29 is 17.5 Å². The highest BCUT2D eigenvalue weighted by atomic mass is 32.2. The zero-order valence-corrected chi connectivity index (χ0v) is 11.3. The number of sulfone groups is 1. The molecule has 0 radical (unpaired) electrons. The maximum Gasteiger partial charge on any atom is 0.206 e. The highest BCUT2D eigenvalue weighted by molar-refractivity contribution is 7.91. The molecule has 0 heterocycles. The van der Waals surface area contributed by atoms with Crippen molar-refractivity contribution in [3.63, 3.8) is 0 Å². The second-order valence-electron chi connectivity index (χ2n) is 3.97. The summed E-state index contributed by atoms with van der Waals surface area (Å²) >= 11 is 0. The summed E-state index contributed by atoms with van der Waals surface area (Å²) in [6, 6.07) is 10.6. The third-order valence-corrected chi connectivity index (χ3v) is 4.40. The quantitative estimate of drug-likeness (QED) is 0.871. The minimum absolute atomic E-state index is 0.0656. The lowest BCUT2D eigenvalue weighted by atomic mass is 10.2. The third kappa shape index (κ3) is 2.63. The minimum atomic E-state index is -3.90. The Balaban J connectivity index is 2.60. The van der Waals surface area contributed by atoms with Gasteiger partial charge in [0.15, 0.2) is 0 Å². The summed E-state index contributed by atoms with van der Waals surface area (Å²) < 4.78 is 43.0. The van der Waals surface area contributed by atoms with Crippen LogP contribution in [0.25, 0.3) is 0 Å². The molecule has 4 nitrogen and oxygen atoms in total. The van der Waals surface area contributed by atoms with Gasteiger partial charge in [-0.3, -0.25) is 0 Å². The van der Waals surface area contributed by atoms with E-state index in [1.807, 2.05) is 6.07 Å². The lowest BCUT2D eigenvalue weighted by Crippen LogP contribution is -2.03. The lowest BCUT2D eigenvalue weighted by molar-refractivity contribution is 0.409. The Morgan fingerprint density at radius 3 is 2.55 bits per heavy atom. The molecular weight excluding hydrogens is 281 g/mol. The van der Waals surface area contributed by atoms with Crippen LogP contribution in [-0.2, 0) is 9.84 Å². The molecule has 0 saturated carbocycles. The van der Waals surface area contributed by atoms with Crippen LogP contribution in [-0.4, -0.2) is 15.5 Å². The minimum Gasteiger partial charge on any atom is -0.497 e. The monoisotopic (exact) mass is 291 g/mol. The number of nitriles is 1. The molecule has 0 amide bonds. The zero-order chi connectivity index (χ0) is 14.8. The van der Waals surface area contributed by atoms with E-state index in [0.717, 1.165) is 12.1 Å². The molecule has 0 aliphatic rings. The number of hydrogen-bond donors (Lipinski definition) is 0. The molecule has 0 aliphatic carbocycles. The Hall–Kier alpha value is -2.39. The summed E-state index contributed by atoms with van der Waals surface area (Å²) in [6.45, 7) is 0. The second kappa shape index (κ2) is 5.31. The summed E-state index contributed by atoms with van der Waals surface area (Å²) in [5.74, 6) is -0.598. The molecule has 0 aliphatic heterocycles. The van der Waals surface area contributed by atoms with Crippen molar-refractivity contribution >= 4 is 9.84 Å². The number of rotatable bonds is 3. The van der Waals surface area contributed by atoms with E-state index < -0.39 is 15.7 Å². The fourth-order valence-corrected chi connectivity index (χ4v) is 3.03. The highest BCUT2D eigenvalue weighted by Crippen LogP contribution is 2.26. The fraction of sp³-hybridized carbons (Fsp3) is 0.0714.